The molecule has 2 aromatic rings. The van der Waals surface area contributed by atoms with E-state index in [1.54, 1.807) is 4.90 Å². The molecule has 48 heavy (non-hydrogen) atoms. The molecule has 2 unspecified atom stereocenters. The molecule has 6 rings (SSSR count). The van der Waals surface area contributed by atoms with Gasteiger partial charge in [-0.05, 0) is 71.3 Å². The number of anilines is 3. The van der Waals surface area contributed by atoms with Gasteiger partial charge in [0.25, 0.3) is 0 Å². The maximum Gasteiger partial charge on any atom is 0.410 e. The number of aliphatic imine (C=N–C) groups is 1. The molecule has 0 bridgehead atoms. The highest BCUT2D eigenvalue weighted by molar-refractivity contribution is 7.16. The van der Waals surface area contributed by atoms with E-state index < -0.39 is 11.0 Å². The third-order valence-electron chi connectivity index (χ3n) is 10.1. The van der Waals surface area contributed by atoms with Gasteiger partial charge in [-0.1, -0.05) is 6.92 Å². The van der Waals surface area contributed by atoms with Gasteiger partial charge in [0.2, 0.25) is 0 Å². The molecule has 2 aliphatic carbocycles. The van der Waals surface area contributed by atoms with Crippen molar-refractivity contribution >= 4 is 45.7 Å². The Morgan fingerprint density at radius 3 is 2.44 bits per heavy atom. The van der Waals surface area contributed by atoms with Crippen molar-refractivity contribution in [3.63, 3.8) is 0 Å². The highest BCUT2D eigenvalue weighted by Crippen LogP contribution is 2.50. The van der Waals surface area contributed by atoms with E-state index in [1.165, 1.54) is 30.7 Å². The molecule has 2 aromatic heterocycles. The molecule has 0 aromatic carbocycles. The van der Waals surface area contributed by atoms with Crippen LogP contribution < -0.4 is 15.5 Å². The Kier molecular flexibility index (Phi) is 9.34. The van der Waals surface area contributed by atoms with Crippen molar-refractivity contribution < 1.29 is 14.6 Å². The summed E-state index contributed by atoms with van der Waals surface area (Å²) in [5.74, 6) is 1.86. The van der Waals surface area contributed by atoms with Gasteiger partial charge >= 0.3 is 12.0 Å². The average molecular weight is 677 g/mol. The van der Waals surface area contributed by atoms with Crippen molar-refractivity contribution in [2.75, 3.05) is 74.4 Å². The minimum absolute atomic E-state index is 0.0448. The second kappa shape index (κ2) is 13.2. The van der Waals surface area contributed by atoms with Gasteiger partial charge in [0.15, 0.2) is 5.84 Å². The number of rotatable bonds is 6. The normalized spacial score (nSPS) is 23.9. The molecule has 13 heteroatoms. The van der Waals surface area contributed by atoms with Crippen LogP contribution in [0.3, 0.4) is 0 Å². The maximum atomic E-state index is 12.7. The summed E-state index contributed by atoms with van der Waals surface area (Å²) in [4.78, 5) is 32.1. The van der Waals surface area contributed by atoms with E-state index in [9.17, 15) is 15.2 Å². The number of carbonyl (C=O) groups is 1. The monoisotopic (exact) mass is 676 g/mol. The first kappa shape index (κ1) is 34.0. The summed E-state index contributed by atoms with van der Waals surface area (Å²) in [5.41, 5.74) is 7.44. The van der Waals surface area contributed by atoms with Crippen molar-refractivity contribution in [2.45, 2.75) is 77.2 Å². The molecule has 1 amide bonds. The number of nitrogens with two attached hydrogens (primary N) is 1. The predicted molar refractivity (Wildman–Crippen MR) is 192 cm³/mol. The van der Waals surface area contributed by atoms with Crippen molar-refractivity contribution in [3.05, 3.63) is 33.8 Å². The van der Waals surface area contributed by atoms with Gasteiger partial charge in [-0.2, -0.15) is 5.26 Å². The minimum Gasteiger partial charge on any atom is -0.581 e. The number of ether oxygens (including phenoxy) is 1. The predicted octanol–water partition coefficient (Wildman–Crippen LogP) is 4.49. The zero-order chi connectivity index (χ0) is 34.4. The van der Waals surface area contributed by atoms with Crippen LogP contribution in [0, 0.1) is 22.7 Å². The summed E-state index contributed by atoms with van der Waals surface area (Å²) in [5, 5.41) is 28.8. The van der Waals surface area contributed by atoms with Crippen molar-refractivity contribution in [2.24, 2.45) is 10.9 Å². The Morgan fingerprint density at radius 2 is 1.81 bits per heavy atom. The van der Waals surface area contributed by atoms with E-state index in [4.69, 9.17) is 20.9 Å². The molecule has 3 fully saturated rings. The Labute approximate surface area is 287 Å². The Morgan fingerprint density at radius 1 is 1.15 bits per heavy atom. The summed E-state index contributed by atoms with van der Waals surface area (Å²) < 4.78 is 5.61. The molecule has 5 N–H and O–H groups in total. The molecule has 4 heterocycles. The lowest BCUT2D eigenvalue weighted by molar-refractivity contribution is 0.0240. The summed E-state index contributed by atoms with van der Waals surface area (Å²) in [6.07, 6.45) is 3.87. The number of thiophene rings is 1. The summed E-state index contributed by atoms with van der Waals surface area (Å²) in [6.45, 7) is 16.8. The first-order valence-corrected chi connectivity index (χ1v) is 18.0. The smallest absolute Gasteiger partial charge is 0.410 e. The summed E-state index contributed by atoms with van der Waals surface area (Å²) >= 11 is 1.44. The van der Waals surface area contributed by atoms with Gasteiger partial charge in [-0.3, -0.25) is 10.3 Å². The first-order valence-electron chi connectivity index (χ1n) is 17.2. The molecule has 1 saturated carbocycles. The number of nitrogens with zero attached hydrogens (tertiary/aromatic N) is 7. The molecular weight excluding hydrogens is 627 g/mol. The van der Waals surface area contributed by atoms with Crippen LogP contribution in [0.5, 0.6) is 0 Å². The van der Waals surface area contributed by atoms with E-state index in [-0.39, 0.29) is 23.7 Å². The third-order valence-corrected chi connectivity index (χ3v) is 11.4. The number of nitrogens with one attached hydrogen (secondary N) is 1. The molecule has 0 radical (unpaired) electrons. The zero-order valence-corrected chi connectivity index (χ0v) is 29.8. The Balaban J connectivity index is 1.27. The van der Waals surface area contributed by atoms with Crippen LogP contribution in [0.15, 0.2) is 17.1 Å². The number of pyridine rings is 1. The van der Waals surface area contributed by atoms with Crippen molar-refractivity contribution in [1.29, 1.82) is 10.7 Å². The third kappa shape index (κ3) is 7.10. The van der Waals surface area contributed by atoms with Gasteiger partial charge in [0, 0.05) is 81.1 Å². The van der Waals surface area contributed by atoms with E-state index in [0.717, 1.165) is 60.5 Å². The Bertz CT molecular complexity index is 1620. The lowest BCUT2D eigenvalue weighted by Gasteiger charge is -2.38. The van der Waals surface area contributed by atoms with Gasteiger partial charge in [-0.25, -0.2) is 9.78 Å². The Hall–Kier alpha value is -3.89. The quantitative estimate of drug-likeness (QED) is 0.257. The first-order chi connectivity index (χ1) is 22.8. The number of hydrogen-bond donors (Lipinski definition) is 2. The molecule has 2 atom stereocenters. The van der Waals surface area contributed by atoms with Crippen LogP contribution in [0.4, 0.5) is 21.3 Å². The number of hydrogen-bond acceptors (Lipinski definition) is 10. The number of amides is 1. The van der Waals surface area contributed by atoms with Gasteiger partial charge in [0.05, 0.1) is 5.56 Å². The largest absolute Gasteiger partial charge is 0.581 e. The fourth-order valence-corrected chi connectivity index (χ4v) is 8.27. The van der Waals surface area contributed by atoms with Gasteiger partial charge in [0.1, 0.15) is 33.6 Å². The number of piperazine rings is 2. The molecule has 258 valence electrons. The molecule has 0 spiro atoms. The number of nitrogen functional groups attached to an aromatic ring is 1. The number of nitriles is 1. The van der Waals surface area contributed by atoms with E-state index in [2.05, 4.69) is 38.8 Å². The topological polar surface area (TPSA) is 161 Å². The molecule has 2 aliphatic heterocycles. The average Bonchev–Trinajstić information content (AvgIpc) is 3.80. The van der Waals surface area contributed by atoms with Crippen LogP contribution >= 0.6 is 11.3 Å². The molecule has 12 nitrogen and oxygen atoms in total. The highest BCUT2D eigenvalue weighted by Gasteiger charge is 2.47. The van der Waals surface area contributed by atoms with Crippen LogP contribution in [0.25, 0.3) is 0 Å². The van der Waals surface area contributed by atoms with Crippen LogP contribution in [-0.2, 0) is 10.2 Å². The molecule has 2 saturated heterocycles. The second-order valence-corrected chi connectivity index (χ2v) is 16.1. The fourth-order valence-electron chi connectivity index (χ4n) is 7.03. The van der Waals surface area contributed by atoms with Crippen molar-refractivity contribution in [3.8, 4) is 6.07 Å². The lowest BCUT2D eigenvalue weighted by Crippen LogP contribution is -2.50. The minimum atomic E-state index is -0.830. The number of fused-ring (bicyclic) bond motifs is 1. The summed E-state index contributed by atoms with van der Waals surface area (Å²) in [7, 11) is 0. The van der Waals surface area contributed by atoms with E-state index in [0.29, 0.717) is 48.9 Å². The molecule has 4 aliphatic rings. The van der Waals surface area contributed by atoms with Crippen molar-refractivity contribution in [1.82, 2.24) is 14.8 Å². The van der Waals surface area contributed by atoms with Crippen LogP contribution in [0.1, 0.15) is 87.9 Å². The molecular formula is C35H50N9O3S+. The van der Waals surface area contributed by atoms with Gasteiger partial charge < -0.3 is 30.3 Å². The highest BCUT2D eigenvalue weighted by atomic mass is 32.1. The number of aromatic nitrogens is 1. The number of amidine groups is 1. The van der Waals surface area contributed by atoms with Crippen LogP contribution in [-0.4, -0.2) is 102 Å². The second-order valence-electron chi connectivity index (χ2n) is 15.0. The van der Waals surface area contributed by atoms with Crippen LogP contribution in [0.2, 0.25) is 0 Å². The summed E-state index contributed by atoms with van der Waals surface area (Å²) in [6, 6.07) is 6.25. The van der Waals surface area contributed by atoms with Gasteiger partial charge in [-0.15, -0.1) is 16.3 Å². The van der Waals surface area contributed by atoms with E-state index in [1.807, 2.05) is 33.8 Å². The zero-order valence-electron chi connectivity index (χ0n) is 28.9. The van der Waals surface area contributed by atoms with E-state index >= 15 is 0 Å². The fraction of sp³-hybridized carbons (Fsp3) is 0.629. The maximum absolute atomic E-state index is 12.7. The number of carbonyl (C=O) groups excluding carboxylic acids is 1. The SMILES string of the molecule is CC1CCC(C)(C([OH2+])=NC(=N)c2cc(N3CCN(C(=O)OC(C)(C)C)CC3)cc(N3CCN(CC4CC4)CC3)n2)c2c1sc(N)c2C#N. The standard InChI is InChI=1S/C35H49N9O3S/c1-22-8-9-35(5,28-25(20-36)31(38)48-29(22)28)32(45)40-30(37)26-18-24(42-14-16-44(17-15-42)33(46)47-34(2,3)4)19-27(39-26)43-12-10-41(11-13-43)21-23-6-7-23/h18-19,22-23H,6-17,21,38H2,1-5H3,(H2,37,40,45)/p+1. The lowest BCUT2D eigenvalue weighted by atomic mass is 9.69.